The van der Waals surface area contributed by atoms with Gasteiger partial charge in [-0.3, -0.25) is 4.40 Å². The molecular weight excluding hydrogens is 276 g/mol. The number of alkyl halides is 2. The molecule has 0 aliphatic rings. The van der Waals surface area contributed by atoms with Gasteiger partial charge in [-0.1, -0.05) is 11.6 Å². The van der Waals surface area contributed by atoms with Gasteiger partial charge in [-0.15, -0.1) is 0 Å². The molecular formula is C11H6ClF2N5. The number of rotatable bonds is 2. The lowest BCUT2D eigenvalue weighted by Gasteiger charge is -2.03. The second-order valence-electron chi connectivity index (χ2n) is 3.69. The summed E-state index contributed by atoms with van der Waals surface area (Å²) in [6, 6.07) is 1.53. The molecule has 0 saturated carbocycles. The van der Waals surface area contributed by atoms with Crippen LogP contribution >= 0.6 is 11.6 Å². The molecule has 3 heterocycles. The van der Waals surface area contributed by atoms with Crippen LogP contribution in [0, 0.1) is 0 Å². The van der Waals surface area contributed by atoms with Gasteiger partial charge in [0.15, 0.2) is 11.5 Å². The van der Waals surface area contributed by atoms with Gasteiger partial charge in [-0.2, -0.15) is 0 Å². The van der Waals surface area contributed by atoms with Crippen molar-refractivity contribution < 1.29 is 8.78 Å². The van der Waals surface area contributed by atoms with Gasteiger partial charge < -0.3 is 0 Å². The highest BCUT2D eigenvalue weighted by Crippen LogP contribution is 2.21. The molecule has 0 bridgehead atoms. The van der Waals surface area contributed by atoms with Crippen molar-refractivity contribution in [3.63, 3.8) is 0 Å². The Morgan fingerprint density at radius 2 is 2.00 bits per heavy atom. The van der Waals surface area contributed by atoms with Crippen molar-refractivity contribution in [2.24, 2.45) is 0 Å². The molecule has 0 unspecified atom stereocenters. The zero-order valence-electron chi connectivity index (χ0n) is 9.33. The average molecular weight is 282 g/mol. The fourth-order valence-corrected chi connectivity index (χ4v) is 1.78. The first-order chi connectivity index (χ1) is 9.15. The van der Waals surface area contributed by atoms with Gasteiger partial charge in [0.1, 0.15) is 16.5 Å². The maximum Gasteiger partial charge on any atom is 0.281 e. The molecule has 3 aromatic rings. The average Bonchev–Trinajstić information content (AvgIpc) is 2.81. The quantitative estimate of drug-likeness (QED) is 0.678. The summed E-state index contributed by atoms with van der Waals surface area (Å²) in [7, 11) is 0. The van der Waals surface area contributed by atoms with Crippen molar-refractivity contribution in [2.45, 2.75) is 6.43 Å². The van der Waals surface area contributed by atoms with Gasteiger partial charge in [0, 0.05) is 12.4 Å². The molecule has 0 fully saturated rings. The van der Waals surface area contributed by atoms with Crippen LogP contribution in [-0.4, -0.2) is 24.3 Å². The number of nitrogens with zero attached hydrogens (tertiary/aromatic N) is 5. The van der Waals surface area contributed by atoms with Crippen molar-refractivity contribution >= 4 is 17.2 Å². The minimum Gasteiger partial charge on any atom is -0.294 e. The van der Waals surface area contributed by atoms with E-state index >= 15 is 0 Å². The molecule has 0 aliphatic heterocycles. The predicted octanol–water partition coefficient (Wildman–Crippen LogP) is 2.78. The Kier molecular flexibility index (Phi) is 2.83. The van der Waals surface area contributed by atoms with Crippen LogP contribution in [0.5, 0.6) is 0 Å². The summed E-state index contributed by atoms with van der Waals surface area (Å²) >= 11 is 5.78. The van der Waals surface area contributed by atoms with Crippen LogP contribution in [0.1, 0.15) is 12.1 Å². The van der Waals surface area contributed by atoms with Crippen LogP contribution in [0.15, 0.2) is 30.9 Å². The molecule has 0 atom stereocenters. The van der Waals surface area contributed by atoms with Gasteiger partial charge in [0.05, 0.1) is 12.4 Å². The third-order valence-electron chi connectivity index (χ3n) is 2.49. The number of fused-ring (bicyclic) bond motifs is 1. The zero-order chi connectivity index (χ0) is 13.4. The van der Waals surface area contributed by atoms with E-state index in [4.69, 9.17) is 11.6 Å². The number of hydrogen-bond acceptors (Lipinski definition) is 4. The molecule has 0 aromatic carbocycles. The molecule has 96 valence electrons. The number of imidazole rings is 1. The van der Waals surface area contributed by atoms with Crippen LogP contribution < -0.4 is 0 Å². The normalized spacial score (nSPS) is 11.4. The fourth-order valence-electron chi connectivity index (χ4n) is 1.64. The minimum atomic E-state index is -2.65. The molecule has 0 aliphatic carbocycles. The smallest absolute Gasteiger partial charge is 0.281 e. The Labute approximate surface area is 110 Å². The molecule has 8 heteroatoms. The Hall–Kier alpha value is -2.15. The van der Waals surface area contributed by atoms with Crippen LogP contribution in [0.2, 0.25) is 5.15 Å². The SMILES string of the molecule is FC(F)c1cn2c(-c3nccc(Cl)n3)cnc2cn1. The highest BCUT2D eigenvalue weighted by atomic mass is 35.5. The van der Waals surface area contributed by atoms with E-state index in [-0.39, 0.29) is 10.8 Å². The molecule has 0 saturated heterocycles. The Bertz CT molecular complexity index is 743. The van der Waals surface area contributed by atoms with Crippen molar-refractivity contribution in [1.29, 1.82) is 0 Å². The van der Waals surface area contributed by atoms with E-state index < -0.39 is 6.43 Å². The number of hydrogen-bond donors (Lipinski definition) is 0. The van der Waals surface area contributed by atoms with Gasteiger partial charge in [0.25, 0.3) is 6.43 Å². The topological polar surface area (TPSA) is 56.0 Å². The van der Waals surface area contributed by atoms with Gasteiger partial charge in [-0.05, 0) is 6.07 Å². The summed E-state index contributed by atoms with van der Waals surface area (Å²) in [5, 5.41) is 0.267. The molecule has 0 amide bonds. The van der Waals surface area contributed by atoms with Crippen LogP contribution in [-0.2, 0) is 0 Å². The van der Waals surface area contributed by atoms with Crippen molar-refractivity contribution in [3.05, 3.63) is 41.7 Å². The summed E-state index contributed by atoms with van der Waals surface area (Å²) < 4.78 is 26.8. The molecule has 3 rings (SSSR count). The lowest BCUT2D eigenvalue weighted by molar-refractivity contribution is 0.145. The van der Waals surface area contributed by atoms with E-state index in [0.29, 0.717) is 17.2 Å². The standard InChI is InChI=1S/C11H6ClF2N5/c12-8-1-2-15-11(18-8)7-3-17-9-4-16-6(10(13)14)5-19(7)9/h1-5,10H. The maximum atomic E-state index is 12.7. The molecule has 0 N–H and O–H groups in total. The molecule has 19 heavy (non-hydrogen) atoms. The van der Waals surface area contributed by atoms with Crippen LogP contribution in [0.4, 0.5) is 8.78 Å². The highest BCUT2D eigenvalue weighted by molar-refractivity contribution is 6.29. The van der Waals surface area contributed by atoms with E-state index in [1.165, 1.54) is 35.3 Å². The number of aromatic nitrogens is 5. The van der Waals surface area contributed by atoms with E-state index in [1.54, 1.807) is 0 Å². The van der Waals surface area contributed by atoms with Gasteiger partial charge >= 0.3 is 0 Å². The molecule has 0 radical (unpaired) electrons. The van der Waals surface area contributed by atoms with Crippen LogP contribution in [0.25, 0.3) is 17.2 Å². The van der Waals surface area contributed by atoms with E-state index in [0.717, 1.165) is 0 Å². The lowest BCUT2D eigenvalue weighted by Crippen LogP contribution is -1.98. The van der Waals surface area contributed by atoms with Crippen molar-refractivity contribution in [2.75, 3.05) is 0 Å². The summed E-state index contributed by atoms with van der Waals surface area (Å²) in [6.07, 6.45) is 2.80. The molecule has 0 spiro atoms. The summed E-state index contributed by atoms with van der Waals surface area (Å²) in [5.74, 6) is 0.311. The predicted molar refractivity (Wildman–Crippen MR) is 64.0 cm³/mol. The third-order valence-corrected chi connectivity index (χ3v) is 2.70. The molecule has 5 nitrogen and oxygen atoms in total. The Balaban J connectivity index is 2.21. The first-order valence-electron chi connectivity index (χ1n) is 5.25. The van der Waals surface area contributed by atoms with Crippen LogP contribution in [0.3, 0.4) is 0 Å². The minimum absolute atomic E-state index is 0.267. The Morgan fingerprint density at radius 1 is 1.16 bits per heavy atom. The first kappa shape index (κ1) is 11.9. The summed E-state index contributed by atoms with van der Waals surface area (Å²) in [5.41, 5.74) is 0.568. The summed E-state index contributed by atoms with van der Waals surface area (Å²) in [4.78, 5) is 15.8. The largest absolute Gasteiger partial charge is 0.294 e. The Morgan fingerprint density at radius 3 is 2.74 bits per heavy atom. The van der Waals surface area contributed by atoms with E-state index in [1.807, 2.05) is 0 Å². The monoisotopic (exact) mass is 281 g/mol. The zero-order valence-corrected chi connectivity index (χ0v) is 10.1. The van der Waals surface area contributed by atoms with Gasteiger partial charge in [-0.25, -0.2) is 28.7 Å². The highest BCUT2D eigenvalue weighted by Gasteiger charge is 2.14. The maximum absolute atomic E-state index is 12.7. The third kappa shape index (κ3) is 2.12. The lowest BCUT2D eigenvalue weighted by atomic mass is 10.4. The number of halogens is 3. The second-order valence-corrected chi connectivity index (χ2v) is 4.07. The first-order valence-corrected chi connectivity index (χ1v) is 5.63. The second kappa shape index (κ2) is 4.51. The van der Waals surface area contributed by atoms with Crippen molar-refractivity contribution in [1.82, 2.24) is 24.3 Å². The fraction of sp³-hybridized carbons (Fsp3) is 0.0909. The van der Waals surface area contributed by atoms with Crippen molar-refractivity contribution in [3.8, 4) is 11.5 Å². The molecule has 3 aromatic heterocycles. The van der Waals surface area contributed by atoms with Gasteiger partial charge in [0.2, 0.25) is 0 Å². The summed E-state index contributed by atoms with van der Waals surface area (Å²) in [6.45, 7) is 0. The van der Waals surface area contributed by atoms with E-state index in [9.17, 15) is 8.78 Å². The van der Waals surface area contributed by atoms with E-state index in [2.05, 4.69) is 19.9 Å².